The van der Waals surface area contributed by atoms with Crippen LogP contribution in [0.2, 0.25) is 0 Å². The number of carbonyl (C=O) groups is 1. The lowest BCUT2D eigenvalue weighted by molar-refractivity contribution is -0.147. The van der Waals surface area contributed by atoms with Gasteiger partial charge in [-0.15, -0.1) is 0 Å². The summed E-state index contributed by atoms with van der Waals surface area (Å²) in [6.07, 6.45) is -4.55. The van der Waals surface area contributed by atoms with Gasteiger partial charge >= 0.3 is 12.1 Å². The van der Waals surface area contributed by atoms with Gasteiger partial charge in [-0.1, -0.05) is 26.8 Å². The third-order valence-corrected chi connectivity index (χ3v) is 2.80. The number of hydrogen-bond acceptors (Lipinski definition) is 3. The Morgan fingerprint density at radius 3 is 2.29 bits per heavy atom. The van der Waals surface area contributed by atoms with Crippen LogP contribution in [-0.4, -0.2) is 19.2 Å². The summed E-state index contributed by atoms with van der Waals surface area (Å²) < 4.78 is 48.9. The molecule has 0 radical (unpaired) electrons. The summed E-state index contributed by atoms with van der Waals surface area (Å²) in [6.45, 7) is 6.67. The quantitative estimate of drug-likeness (QED) is 0.790. The normalized spacial score (nSPS) is 12.1. The lowest BCUT2D eigenvalue weighted by atomic mass is 9.86. The number of halogens is 3. The molecule has 0 aliphatic heterocycles. The molecule has 0 amide bonds. The van der Waals surface area contributed by atoms with E-state index in [9.17, 15) is 18.0 Å². The van der Waals surface area contributed by atoms with E-state index in [1.54, 1.807) is 13.0 Å². The first kappa shape index (κ1) is 17.3. The maximum atomic E-state index is 13.1. The number of benzene rings is 1. The molecular formula is C15H19F3O3. The van der Waals surface area contributed by atoms with E-state index in [1.165, 1.54) is 6.07 Å². The molecule has 0 bridgehead atoms. The van der Waals surface area contributed by atoms with E-state index in [2.05, 4.69) is 4.74 Å². The van der Waals surface area contributed by atoms with Crippen LogP contribution >= 0.6 is 0 Å². The molecule has 118 valence electrons. The molecule has 0 heterocycles. The summed E-state index contributed by atoms with van der Waals surface area (Å²) in [6, 6.07) is 3.86. The predicted molar refractivity (Wildman–Crippen MR) is 72.3 cm³/mol. The highest BCUT2D eigenvalue weighted by atomic mass is 19.4. The molecular weight excluding hydrogens is 285 g/mol. The van der Waals surface area contributed by atoms with Gasteiger partial charge in [-0.05, 0) is 30.0 Å². The van der Waals surface area contributed by atoms with E-state index >= 15 is 0 Å². The van der Waals surface area contributed by atoms with Gasteiger partial charge in [0.15, 0.2) is 6.61 Å². The van der Waals surface area contributed by atoms with Gasteiger partial charge in [-0.25, -0.2) is 4.79 Å². The lowest BCUT2D eigenvalue weighted by Crippen LogP contribution is -2.18. The van der Waals surface area contributed by atoms with Crippen molar-refractivity contribution in [2.75, 3.05) is 13.2 Å². The fourth-order valence-electron chi connectivity index (χ4n) is 1.68. The Morgan fingerprint density at radius 2 is 1.81 bits per heavy atom. The lowest BCUT2D eigenvalue weighted by Gasteiger charge is -2.22. The molecule has 21 heavy (non-hydrogen) atoms. The van der Waals surface area contributed by atoms with Crippen molar-refractivity contribution < 1.29 is 27.4 Å². The first-order valence-corrected chi connectivity index (χ1v) is 6.56. The monoisotopic (exact) mass is 304 g/mol. The average molecular weight is 304 g/mol. The summed E-state index contributed by atoms with van der Waals surface area (Å²) in [7, 11) is 0. The minimum atomic E-state index is -4.55. The maximum Gasteiger partial charge on any atom is 0.419 e. The van der Waals surface area contributed by atoms with Gasteiger partial charge in [0.05, 0.1) is 12.2 Å². The van der Waals surface area contributed by atoms with Crippen molar-refractivity contribution in [3.05, 3.63) is 29.3 Å². The molecule has 0 unspecified atom stereocenters. The minimum Gasteiger partial charge on any atom is -0.481 e. The molecule has 0 aliphatic carbocycles. The first-order chi connectivity index (χ1) is 9.55. The van der Waals surface area contributed by atoms with Crippen LogP contribution in [0.15, 0.2) is 18.2 Å². The van der Waals surface area contributed by atoms with Crippen LogP contribution in [0.1, 0.15) is 38.8 Å². The highest BCUT2D eigenvalue weighted by Crippen LogP contribution is 2.38. The standard InChI is InChI=1S/C15H19F3O3/c1-5-20-13(19)9-21-12-7-6-10(14(2,3)4)8-11(12)15(16,17)18/h6-8H,5,9H2,1-4H3. The number of hydrogen-bond donors (Lipinski definition) is 0. The molecule has 0 saturated carbocycles. The smallest absolute Gasteiger partial charge is 0.419 e. The Morgan fingerprint density at radius 1 is 1.19 bits per heavy atom. The zero-order valence-corrected chi connectivity index (χ0v) is 12.5. The van der Waals surface area contributed by atoms with E-state index in [0.717, 1.165) is 6.07 Å². The van der Waals surface area contributed by atoms with Gasteiger partial charge in [0, 0.05) is 0 Å². The summed E-state index contributed by atoms with van der Waals surface area (Å²) >= 11 is 0. The van der Waals surface area contributed by atoms with Crippen LogP contribution in [0.4, 0.5) is 13.2 Å². The SMILES string of the molecule is CCOC(=O)COc1ccc(C(C)(C)C)cc1C(F)(F)F. The summed E-state index contributed by atoms with van der Waals surface area (Å²) in [5.74, 6) is -1.07. The maximum absolute atomic E-state index is 13.1. The molecule has 1 aromatic carbocycles. The number of ether oxygens (including phenoxy) is 2. The van der Waals surface area contributed by atoms with Crippen LogP contribution in [0.25, 0.3) is 0 Å². The molecule has 6 heteroatoms. The van der Waals surface area contributed by atoms with E-state index in [0.29, 0.717) is 5.56 Å². The minimum absolute atomic E-state index is 0.150. The van der Waals surface area contributed by atoms with Gasteiger partial charge in [0.25, 0.3) is 0 Å². The molecule has 0 aliphatic rings. The molecule has 1 rings (SSSR count). The van der Waals surface area contributed by atoms with Crippen LogP contribution in [0.3, 0.4) is 0 Å². The molecule has 0 saturated heterocycles. The van der Waals surface area contributed by atoms with Crippen molar-refractivity contribution in [3.63, 3.8) is 0 Å². The molecule has 0 spiro atoms. The number of esters is 1. The number of carbonyl (C=O) groups excluding carboxylic acids is 1. The zero-order valence-electron chi connectivity index (χ0n) is 12.5. The van der Waals surface area contributed by atoms with Crippen molar-refractivity contribution in [1.29, 1.82) is 0 Å². The topological polar surface area (TPSA) is 35.5 Å². The van der Waals surface area contributed by atoms with Crippen molar-refractivity contribution in [2.45, 2.75) is 39.3 Å². The third-order valence-electron chi connectivity index (χ3n) is 2.80. The Bertz CT molecular complexity index is 502. The molecule has 0 N–H and O–H groups in total. The number of rotatable bonds is 4. The number of alkyl halides is 3. The van der Waals surface area contributed by atoms with Crippen molar-refractivity contribution in [1.82, 2.24) is 0 Å². The average Bonchev–Trinajstić information content (AvgIpc) is 2.34. The Kier molecular flexibility index (Phi) is 5.25. The van der Waals surface area contributed by atoms with Crippen LogP contribution in [0, 0.1) is 0 Å². The molecule has 1 aromatic rings. The molecule has 0 aromatic heterocycles. The van der Waals surface area contributed by atoms with Gasteiger partial charge in [0.2, 0.25) is 0 Å². The summed E-state index contributed by atoms with van der Waals surface area (Å²) in [5, 5.41) is 0. The summed E-state index contributed by atoms with van der Waals surface area (Å²) in [4.78, 5) is 11.2. The highest BCUT2D eigenvalue weighted by Gasteiger charge is 2.35. The molecule has 0 atom stereocenters. The third kappa shape index (κ3) is 4.95. The van der Waals surface area contributed by atoms with Crippen molar-refractivity contribution >= 4 is 5.97 Å². The zero-order chi connectivity index (χ0) is 16.3. The van der Waals surface area contributed by atoms with Crippen molar-refractivity contribution in [3.8, 4) is 5.75 Å². The second kappa shape index (κ2) is 6.37. The van der Waals surface area contributed by atoms with Crippen molar-refractivity contribution in [2.24, 2.45) is 0 Å². The van der Waals surface area contributed by atoms with Gasteiger partial charge in [-0.2, -0.15) is 13.2 Å². The van der Waals surface area contributed by atoms with Crippen LogP contribution < -0.4 is 4.74 Å². The van der Waals surface area contributed by atoms with Gasteiger partial charge < -0.3 is 9.47 Å². The van der Waals surface area contributed by atoms with E-state index < -0.39 is 29.7 Å². The largest absolute Gasteiger partial charge is 0.481 e. The fraction of sp³-hybridized carbons (Fsp3) is 0.533. The van der Waals surface area contributed by atoms with E-state index in [1.807, 2.05) is 20.8 Å². The molecule has 3 nitrogen and oxygen atoms in total. The first-order valence-electron chi connectivity index (χ1n) is 6.56. The van der Waals surface area contributed by atoms with E-state index in [-0.39, 0.29) is 12.4 Å². The Labute approximate surface area is 122 Å². The van der Waals surface area contributed by atoms with Crippen LogP contribution in [-0.2, 0) is 21.1 Å². The van der Waals surface area contributed by atoms with Gasteiger partial charge in [0.1, 0.15) is 5.75 Å². The highest BCUT2D eigenvalue weighted by molar-refractivity contribution is 5.71. The second-order valence-corrected chi connectivity index (χ2v) is 5.55. The van der Waals surface area contributed by atoms with Gasteiger partial charge in [-0.3, -0.25) is 0 Å². The predicted octanol–water partition coefficient (Wildman–Crippen LogP) is 3.94. The fourth-order valence-corrected chi connectivity index (χ4v) is 1.68. The Hall–Kier alpha value is -1.72. The van der Waals surface area contributed by atoms with E-state index in [4.69, 9.17) is 4.74 Å². The Balaban J connectivity index is 3.06. The summed E-state index contributed by atoms with van der Waals surface area (Å²) in [5.41, 5.74) is -0.766. The van der Waals surface area contributed by atoms with Crippen LogP contribution in [0.5, 0.6) is 5.75 Å². The second-order valence-electron chi connectivity index (χ2n) is 5.55. The molecule has 0 fully saturated rings.